The fourth-order valence-electron chi connectivity index (χ4n) is 2.21. The molecule has 5 heteroatoms. The molecule has 0 radical (unpaired) electrons. The van der Waals surface area contributed by atoms with Gasteiger partial charge < -0.3 is 19.7 Å². The molecular weight excluding hydrogens is 256 g/mol. The zero-order chi connectivity index (χ0) is 14.4. The van der Waals surface area contributed by atoms with Crippen LogP contribution in [0, 0.1) is 6.92 Å². The Kier molecular flexibility index (Phi) is 5.24. The number of amides is 1. The van der Waals surface area contributed by atoms with Crippen molar-refractivity contribution in [2.75, 3.05) is 39.9 Å². The molecule has 0 aromatic heterocycles. The van der Waals surface area contributed by atoms with Gasteiger partial charge in [0.1, 0.15) is 0 Å². The van der Waals surface area contributed by atoms with Gasteiger partial charge in [-0.3, -0.25) is 4.79 Å². The van der Waals surface area contributed by atoms with Crippen LogP contribution in [0.4, 0.5) is 0 Å². The molecule has 1 aromatic carbocycles. The fourth-order valence-corrected chi connectivity index (χ4v) is 2.21. The Labute approximate surface area is 119 Å². The van der Waals surface area contributed by atoms with E-state index in [4.69, 9.17) is 9.47 Å². The van der Waals surface area contributed by atoms with E-state index in [0.717, 1.165) is 31.7 Å². The molecule has 20 heavy (non-hydrogen) atoms. The van der Waals surface area contributed by atoms with Gasteiger partial charge in [0, 0.05) is 26.2 Å². The molecule has 1 amide bonds. The van der Waals surface area contributed by atoms with Gasteiger partial charge in [0.05, 0.1) is 20.1 Å². The molecule has 1 heterocycles. The van der Waals surface area contributed by atoms with Gasteiger partial charge in [-0.1, -0.05) is 6.07 Å². The lowest BCUT2D eigenvalue weighted by Crippen LogP contribution is -2.46. The Morgan fingerprint density at radius 1 is 1.30 bits per heavy atom. The molecule has 0 atom stereocenters. The van der Waals surface area contributed by atoms with Crippen molar-refractivity contribution in [3.05, 3.63) is 23.8 Å². The minimum absolute atomic E-state index is 0.151. The first-order valence-corrected chi connectivity index (χ1v) is 6.96. The highest BCUT2D eigenvalue weighted by atomic mass is 16.5. The topological polar surface area (TPSA) is 50.8 Å². The van der Waals surface area contributed by atoms with Gasteiger partial charge in [0.25, 0.3) is 0 Å². The largest absolute Gasteiger partial charge is 0.493 e. The normalized spacial score (nSPS) is 15.0. The van der Waals surface area contributed by atoms with E-state index in [-0.39, 0.29) is 5.91 Å². The highest BCUT2D eigenvalue weighted by molar-refractivity contribution is 5.76. The number of piperazine rings is 1. The Bertz CT molecular complexity index is 456. The number of hydrogen-bond acceptors (Lipinski definition) is 4. The Morgan fingerprint density at radius 3 is 2.75 bits per heavy atom. The molecule has 0 unspecified atom stereocenters. The first kappa shape index (κ1) is 14.7. The third-order valence-corrected chi connectivity index (χ3v) is 3.36. The molecule has 0 spiro atoms. The van der Waals surface area contributed by atoms with Crippen LogP contribution in [-0.2, 0) is 4.79 Å². The van der Waals surface area contributed by atoms with Crippen molar-refractivity contribution in [1.82, 2.24) is 10.2 Å². The SMILES string of the molecule is COc1cc(C)ccc1OCCC(=O)N1CCNCC1. The standard InChI is InChI=1S/C15H22N2O3/c1-12-3-4-13(14(11-12)19-2)20-10-5-15(18)17-8-6-16-7-9-17/h3-4,11,16H,5-10H2,1-2H3. The molecule has 5 nitrogen and oxygen atoms in total. The first-order valence-electron chi connectivity index (χ1n) is 6.96. The van der Waals surface area contributed by atoms with Gasteiger partial charge in [-0.05, 0) is 24.6 Å². The van der Waals surface area contributed by atoms with Gasteiger partial charge in [-0.15, -0.1) is 0 Å². The van der Waals surface area contributed by atoms with Crippen LogP contribution >= 0.6 is 0 Å². The number of nitrogens with zero attached hydrogens (tertiary/aromatic N) is 1. The molecule has 0 aliphatic carbocycles. The van der Waals surface area contributed by atoms with Crippen molar-refractivity contribution in [1.29, 1.82) is 0 Å². The minimum atomic E-state index is 0.151. The average molecular weight is 278 g/mol. The third-order valence-electron chi connectivity index (χ3n) is 3.36. The monoisotopic (exact) mass is 278 g/mol. The predicted octanol–water partition coefficient (Wildman–Crippen LogP) is 1.20. The summed E-state index contributed by atoms with van der Waals surface area (Å²) in [6.45, 7) is 5.69. The van der Waals surface area contributed by atoms with E-state index >= 15 is 0 Å². The number of rotatable bonds is 5. The van der Waals surface area contributed by atoms with Crippen LogP contribution in [0.1, 0.15) is 12.0 Å². The van der Waals surface area contributed by atoms with Crippen LogP contribution in [0.15, 0.2) is 18.2 Å². The van der Waals surface area contributed by atoms with Crippen LogP contribution in [0.25, 0.3) is 0 Å². The van der Waals surface area contributed by atoms with E-state index in [1.54, 1.807) is 7.11 Å². The number of aryl methyl sites for hydroxylation is 1. The quantitative estimate of drug-likeness (QED) is 0.879. The molecule has 2 rings (SSSR count). The molecule has 1 N–H and O–H groups in total. The number of carbonyl (C=O) groups excluding carboxylic acids is 1. The second-order valence-electron chi connectivity index (χ2n) is 4.88. The van der Waals surface area contributed by atoms with E-state index in [1.165, 1.54) is 0 Å². The van der Waals surface area contributed by atoms with E-state index < -0.39 is 0 Å². The highest BCUT2D eigenvalue weighted by Crippen LogP contribution is 2.27. The smallest absolute Gasteiger partial charge is 0.226 e. The summed E-state index contributed by atoms with van der Waals surface area (Å²) in [6, 6.07) is 5.77. The Balaban J connectivity index is 1.81. The predicted molar refractivity (Wildman–Crippen MR) is 77.3 cm³/mol. The van der Waals surface area contributed by atoms with E-state index in [9.17, 15) is 4.79 Å². The molecule has 1 aliphatic rings. The van der Waals surface area contributed by atoms with E-state index in [0.29, 0.717) is 24.5 Å². The van der Waals surface area contributed by atoms with Crippen molar-refractivity contribution in [2.45, 2.75) is 13.3 Å². The molecule has 1 aliphatic heterocycles. The molecule has 110 valence electrons. The van der Waals surface area contributed by atoms with Gasteiger partial charge in [-0.25, -0.2) is 0 Å². The van der Waals surface area contributed by atoms with E-state index in [2.05, 4.69) is 5.32 Å². The first-order chi connectivity index (χ1) is 9.70. The van der Waals surface area contributed by atoms with Crippen molar-refractivity contribution < 1.29 is 14.3 Å². The van der Waals surface area contributed by atoms with Gasteiger partial charge in [0.2, 0.25) is 5.91 Å². The third kappa shape index (κ3) is 3.87. The van der Waals surface area contributed by atoms with Gasteiger partial charge in [-0.2, -0.15) is 0 Å². The molecule has 0 saturated carbocycles. The van der Waals surface area contributed by atoms with Gasteiger partial charge in [0.15, 0.2) is 11.5 Å². The van der Waals surface area contributed by atoms with Crippen molar-refractivity contribution in [3.8, 4) is 11.5 Å². The second kappa shape index (κ2) is 7.14. The fraction of sp³-hybridized carbons (Fsp3) is 0.533. The maximum absolute atomic E-state index is 12.0. The molecular formula is C15H22N2O3. The lowest BCUT2D eigenvalue weighted by atomic mass is 10.2. The van der Waals surface area contributed by atoms with Crippen LogP contribution in [0.2, 0.25) is 0 Å². The maximum atomic E-state index is 12.0. The summed E-state index contributed by atoms with van der Waals surface area (Å²) in [5.41, 5.74) is 1.12. The second-order valence-corrected chi connectivity index (χ2v) is 4.88. The van der Waals surface area contributed by atoms with Crippen LogP contribution in [0.5, 0.6) is 11.5 Å². The maximum Gasteiger partial charge on any atom is 0.226 e. The summed E-state index contributed by atoms with van der Waals surface area (Å²) in [5.74, 6) is 1.54. The van der Waals surface area contributed by atoms with Crippen molar-refractivity contribution in [2.24, 2.45) is 0 Å². The summed E-state index contributed by atoms with van der Waals surface area (Å²) in [5, 5.41) is 3.23. The Hall–Kier alpha value is -1.75. The molecule has 1 aromatic rings. The van der Waals surface area contributed by atoms with Crippen LogP contribution < -0.4 is 14.8 Å². The van der Waals surface area contributed by atoms with Crippen LogP contribution in [0.3, 0.4) is 0 Å². The summed E-state index contributed by atoms with van der Waals surface area (Å²) in [4.78, 5) is 13.9. The zero-order valence-electron chi connectivity index (χ0n) is 12.1. The van der Waals surface area contributed by atoms with Crippen molar-refractivity contribution >= 4 is 5.91 Å². The van der Waals surface area contributed by atoms with Crippen molar-refractivity contribution in [3.63, 3.8) is 0 Å². The van der Waals surface area contributed by atoms with Gasteiger partial charge >= 0.3 is 0 Å². The summed E-state index contributed by atoms with van der Waals surface area (Å²) in [6.07, 6.45) is 0.400. The van der Waals surface area contributed by atoms with Crippen LogP contribution in [-0.4, -0.2) is 50.7 Å². The number of nitrogens with one attached hydrogen (secondary N) is 1. The number of carbonyl (C=O) groups is 1. The lowest BCUT2D eigenvalue weighted by Gasteiger charge is -2.27. The lowest BCUT2D eigenvalue weighted by molar-refractivity contribution is -0.132. The summed E-state index contributed by atoms with van der Waals surface area (Å²) >= 11 is 0. The zero-order valence-corrected chi connectivity index (χ0v) is 12.1. The summed E-state index contributed by atoms with van der Waals surface area (Å²) in [7, 11) is 1.62. The minimum Gasteiger partial charge on any atom is -0.493 e. The van der Waals surface area contributed by atoms with E-state index in [1.807, 2.05) is 30.0 Å². The number of ether oxygens (including phenoxy) is 2. The molecule has 1 fully saturated rings. The molecule has 0 bridgehead atoms. The summed E-state index contributed by atoms with van der Waals surface area (Å²) < 4.78 is 10.9. The Morgan fingerprint density at radius 2 is 2.05 bits per heavy atom. The number of benzene rings is 1. The average Bonchev–Trinajstić information content (AvgIpc) is 2.49. The number of methoxy groups -OCH3 is 1. The highest BCUT2D eigenvalue weighted by Gasteiger charge is 2.16. The molecule has 1 saturated heterocycles. The number of hydrogen-bond donors (Lipinski definition) is 1.